The Morgan fingerprint density at radius 3 is 2.65 bits per heavy atom. The van der Waals surface area contributed by atoms with Crippen molar-refractivity contribution in [3.63, 3.8) is 0 Å². The topological polar surface area (TPSA) is 32.3 Å². The number of alkyl halides is 2. The molecule has 1 atom stereocenters. The van der Waals surface area contributed by atoms with Gasteiger partial charge in [-0.15, -0.1) is 0 Å². The van der Waals surface area contributed by atoms with Gasteiger partial charge in [0.05, 0.1) is 12.2 Å². The minimum atomic E-state index is -2.55. The van der Waals surface area contributed by atoms with Crippen molar-refractivity contribution in [1.29, 1.82) is 0 Å². The molecule has 1 N–H and O–H groups in total. The Kier molecular flexibility index (Phi) is 6.21. The molecule has 0 spiro atoms. The summed E-state index contributed by atoms with van der Waals surface area (Å²) >= 11 is 0.411. The molecule has 2 aromatic rings. The average Bonchev–Trinajstić information content (AvgIpc) is 3.05. The summed E-state index contributed by atoms with van der Waals surface area (Å²) in [5.41, 5.74) is 1.37. The first-order chi connectivity index (χ1) is 12.5. The highest BCUT2D eigenvalue weighted by molar-refractivity contribution is 7.99. The first kappa shape index (κ1) is 18.8. The van der Waals surface area contributed by atoms with Crippen molar-refractivity contribution in [1.82, 2.24) is 4.90 Å². The molecule has 0 bridgehead atoms. The molecule has 1 unspecified atom stereocenters. The van der Waals surface area contributed by atoms with Crippen molar-refractivity contribution >= 4 is 23.4 Å². The van der Waals surface area contributed by atoms with Gasteiger partial charge in [-0.1, -0.05) is 36.0 Å². The molecule has 1 fully saturated rings. The highest BCUT2D eigenvalue weighted by atomic mass is 32.2. The summed E-state index contributed by atoms with van der Waals surface area (Å²) in [6.45, 7) is 0.929. The van der Waals surface area contributed by atoms with Crippen molar-refractivity contribution in [2.45, 2.75) is 29.5 Å². The van der Waals surface area contributed by atoms with E-state index in [1.165, 1.54) is 12.1 Å². The largest absolute Gasteiger partial charge is 0.324 e. The van der Waals surface area contributed by atoms with Crippen LogP contribution in [-0.2, 0) is 4.79 Å². The number of thioether (sulfide) groups is 1. The van der Waals surface area contributed by atoms with Crippen LogP contribution in [-0.4, -0.2) is 29.7 Å². The lowest BCUT2D eigenvalue weighted by Crippen LogP contribution is -2.33. The number of benzene rings is 2. The van der Waals surface area contributed by atoms with Crippen LogP contribution in [0.15, 0.2) is 53.4 Å². The fourth-order valence-corrected chi connectivity index (χ4v) is 3.82. The Morgan fingerprint density at radius 2 is 1.92 bits per heavy atom. The molecule has 1 amide bonds. The van der Waals surface area contributed by atoms with E-state index in [2.05, 4.69) is 5.32 Å². The van der Waals surface area contributed by atoms with Crippen LogP contribution in [0.3, 0.4) is 0 Å². The summed E-state index contributed by atoms with van der Waals surface area (Å²) in [6, 6.07) is 12.9. The summed E-state index contributed by atoms with van der Waals surface area (Å²) in [4.78, 5) is 14.8. The Bertz CT molecular complexity index is 755. The summed E-state index contributed by atoms with van der Waals surface area (Å²) in [5.74, 6) is -3.08. The number of likely N-dealkylation sites (tertiary alicyclic amines) is 1. The zero-order chi connectivity index (χ0) is 18.5. The summed E-state index contributed by atoms with van der Waals surface area (Å²) in [7, 11) is 0. The molecule has 1 aliphatic rings. The van der Waals surface area contributed by atoms with Crippen LogP contribution in [0.2, 0.25) is 0 Å². The Balaban J connectivity index is 1.65. The maximum absolute atomic E-state index is 13.1. The Labute approximate surface area is 154 Å². The van der Waals surface area contributed by atoms with Crippen LogP contribution in [0.25, 0.3) is 0 Å². The highest BCUT2D eigenvalue weighted by Gasteiger charge is 2.27. The SMILES string of the molecule is O=C(CN1CCCC1c1ccc(F)cc1)Nc1ccccc1SC(F)F. The van der Waals surface area contributed by atoms with Crippen LogP contribution < -0.4 is 5.32 Å². The second kappa shape index (κ2) is 8.60. The van der Waals surface area contributed by atoms with Crippen molar-refractivity contribution in [2.75, 3.05) is 18.4 Å². The van der Waals surface area contributed by atoms with E-state index in [1.54, 1.807) is 36.4 Å². The van der Waals surface area contributed by atoms with E-state index in [4.69, 9.17) is 0 Å². The minimum absolute atomic E-state index is 0.0621. The van der Waals surface area contributed by atoms with E-state index in [0.29, 0.717) is 22.3 Å². The normalized spacial score (nSPS) is 17.6. The number of hydrogen-bond acceptors (Lipinski definition) is 3. The van der Waals surface area contributed by atoms with Crippen molar-refractivity contribution in [2.24, 2.45) is 0 Å². The van der Waals surface area contributed by atoms with E-state index in [-0.39, 0.29) is 24.3 Å². The van der Waals surface area contributed by atoms with Crippen molar-refractivity contribution < 1.29 is 18.0 Å². The van der Waals surface area contributed by atoms with Crippen LogP contribution in [0.5, 0.6) is 0 Å². The smallest absolute Gasteiger partial charge is 0.288 e. The van der Waals surface area contributed by atoms with Crippen LogP contribution in [0, 0.1) is 5.82 Å². The van der Waals surface area contributed by atoms with Gasteiger partial charge < -0.3 is 5.32 Å². The zero-order valence-corrected chi connectivity index (χ0v) is 14.8. The predicted molar refractivity (Wildman–Crippen MR) is 96.9 cm³/mol. The molecular weight excluding hydrogens is 361 g/mol. The van der Waals surface area contributed by atoms with Gasteiger partial charge in [0, 0.05) is 10.9 Å². The number of anilines is 1. The number of halogens is 3. The molecule has 0 radical (unpaired) electrons. The van der Waals surface area contributed by atoms with E-state index in [1.807, 2.05) is 4.90 Å². The quantitative estimate of drug-likeness (QED) is 0.723. The van der Waals surface area contributed by atoms with Crippen LogP contribution >= 0.6 is 11.8 Å². The molecule has 7 heteroatoms. The van der Waals surface area contributed by atoms with Gasteiger partial charge in [0.1, 0.15) is 5.82 Å². The van der Waals surface area contributed by atoms with Crippen LogP contribution in [0.1, 0.15) is 24.4 Å². The number of carbonyl (C=O) groups excluding carboxylic acids is 1. The van der Waals surface area contributed by atoms with E-state index >= 15 is 0 Å². The first-order valence-corrected chi connectivity index (χ1v) is 9.24. The fourth-order valence-electron chi connectivity index (χ4n) is 3.22. The maximum atomic E-state index is 13.1. The van der Waals surface area contributed by atoms with Gasteiger partial charge in [0.25, 0.3) is 5.76 Å². The molecule has 0 saturated carbocycles. The molecule has 1 heterocycles. The van der Waals surface area contributed by atoms with Gasteiger partial charge in [-0.2, -0.15) is 8.78 Å². The lowest BCUT2D eigenvalue weighted by atomic mass is 10.0. The predicted octanol–water partition coefficient (Wildman–Crippen LogP) is 4.92. The number of hydrogen-bond donors (Lipinski definition) is 1. The van der Waals surface area contributed by atoms with Gasteiger partial charge >= 0.3 is 0 Å². The summed E-state index contributed by atoms with van der Waals surface area (Å²) < 4.78 is 38.4. The number of nitrogens with zero attached hydrogens (tertiary/aromatic N) is 1. The van der Waals surface area contributed by atoms with E-state index < -0.39 is 5.76 Å². The monoisotopic (exact) mass is 380 g/mol. The molecule has 0 aromatic heterocycles. The Hall–Kier alpha value is -1.99. The molecule has 0 aliphatic carbocycles. The Morgan fingerprint density at radius 1 is 1.19 bits per heavy atom. The standard InChI is InChI=1S/C19H19F3N2OS/c20-14-9-7-13(8-10-14)16-5-3-11-24(16)12-18(25)23-15-4-1-2-6-17(15)26-19(21)22/h1-2,4,6-10,16,19H,3,5,11-12H2,(H,23,25). The van der Waals surface area contributed by atoms with E-state index in [9.17, 15) is 18.0 Å². The number of nitrogens with one attached hydrogen (secondary N) is 1. The molecule has 1 aliphatic heterocycles. The third kappa shape index (κ3) is 4.80. The van der Waals surface area contributed by atoms with Gasteiger partial charge in [-0.25, -0.2) is 4.39 Å². The van der Waals surface area contributed by atoms with Crippen LogP contribution in [0.4, 0.5) is 18.9 Å². The number of amides is 1. The molecule has 3 rings (SSSR count). The molecule has 138 valence electrons. The third-order valence-corrected chi connectivity index (χ3v) is 5.13. The maximum Gasteiger partial charge on any atom is 0.288 e. The lowest BCUT2D eigenvalue weighted by Gasteiger charge is -2.24. The van der Waals surface area contributed by atoms with Crippen molar-refractivity contribution in [3.05, 3.63) is 59.9 Å². The number of para-hydroxylation sites is 1. The van der Waals surface area contributed by atoms with Gasteiger partial charge in [0.2, 0.25) is 5.91 Å². The molecule has 3 nitrogen and oxygen atoms in total. The lowest BCUT2D eigenvalue weighted by molar-refractivity contribution is -0.117. The summed E-state index contributed by atoms with van der Waals surface area (Å²) in [6.07, 6.45) is 1.85. The number of rotatable bonds is 6. The van der Waals surface area contributed by atoms with Crippen molar-refractivity contribution in [3.8, 4) is 0 Å². The fraction of sp³-hybridized carbons (Fsp3) is 0.316. The molecule has 26 heavy (non-hydrogen) atoms. The molecule has 1 saturated heterocycles. The summed E-state index contributed by atoms with van der Waals surface area (Å²) in [5, 5.41) is 2.73. The number of carbonyl (C=O) groups is 1. The zero-order valence-electron chi connectivity index (χ0n) is 14.0. The van der Waals surface area contributed by atoms with E-state index in [0.717, 1.165) is 24.9 Å². The first-order valence-electron chi connectivity index (χ1n) is 8.36. The minimum Gasteiger partial charge on any atom is -0.324 e. The average molecular weight is 380 g/mol. The third-order valence-electron chi connectivity index (χ3n) is 4.34. The molecule has 2 aromatic carbocycles. The second-order valence-electron chi connectivity index (χ2n) is 6.10. The van der Waals surface area contributed by atoms with Gasteiger partial charge in [-0.05, 0) is 49.2 Å². The highest BCUT2D eigenvalue weighted by Crippen LogP contribution is 2.33. The van der Waals surface area contributed by atoms with Gasteiger partial charge in [-0.3, -0.25) is 9.69 Å². The second-order valence-corrected chi connectivity index (χ2v) is 7.13. The molecular formula is C19H19F3N2OS. The van der Waals surface area contributed by atoms with Gasteiger partial charge in [0.15, 0.2) is 0 Å².